The van der Waals surface area contributed by atoms with Gasteiger partial charge in [0, 0.05) is 35.4 Å². The largest absolute Gasteiger partial charge is 0.355 e. The van der Waals surface area contributed by atoms with Crippen LogP contribution in [0, 0.1) is 0 Å². The van der Waals surface area contributed by atoms with Gasteiger partial charge < -0.3 is 16.0 Å². The fourth-order valence-corrected chi connectivity index (χ4v) is 2.12. The third-order valence-corrected chi connectivity index (χ3v) is 3.86. The summed E-state index contributed by atoms with van der Waals surface area (Å²) in [7, 11) is 0. The molecule has 1 heterocycles. The molecule has 1 aromatic heterocycles. The number of aromatic nitrogens is 1. The lowest BCUT2D eigenvalue weighted by Gasteiger charge is -2.17. The normalized spacial score (nSPS) is 12.8. The van der Waals surface area contributed by atoms with Crippen molar-refractivity contribution in [2.45, 2.75) is 39.3 Å². The highest BCUT2D eigenvalue weighted by Gasteiger charge is 2.17. The topological polar surface area (TPSA) is 83.1 Å². The molecule has 0 aliphatic rings. The van der Waals surface area contributed by atoms with Gasteiger partial charge in [0.1, 0.15) is 6.04 Å². The first-order valence-electron chi connectivity index (χ1n) is 8.38. The minimum atomic E-state index is -0.587. The van der Waals surface area contributed by atoms with E-state index >= 15 is 0 Å². The maximum absolute atomic E-state index is 12.3. The van der Waals surface area contributed by atoms with E-state index in [0.29, 0.717) is 5.56 Å². The molecule has 0 radical (unpaired) electrons. The number of rotatable bonds is 7. The van der Waals surface area contributed by atoms with Crippen LogP contribution in [-0.4, -0.2) is 28.9 Å². The lowest BCUT2D eigenvalue weighted by Crippen LogP contribution is -2.47. The maximum atomic E-state index is 12.3. The van der Waals surface area contributed by atoms with E-state index in [2.05, 4.69) is 20.9 Å². The summed E-state index contributed by atoms with van der Waals surface area (Å²) >= 11 is 0. The van der Waals surface area contributed by atoms with Crippen molar-refractivity contribution in [1.29, 1.82) is 0 Å². The molecule has 25 heavy (non-hydrogen) atoms. The first-order chi connectivity index (χ1) is 12.0. The molecule has 0 aliphatic carbocycles. The zero-order valence-corrected chi connectivity index (χ0v) is 14.7. The van der Waals surface area contributed by atoms with Crippen LogP contribution in [0.25, 0.3) is 0 Å². The zero-order chi connectivity index (χ0) is 18.2. The Labute approximate surface area is 148 Å². The average molecular weight is 340 g/mol. The Morgan fingerprint density at radius 1 is 0.960 bits per heavy atom. The van der Waals surface area contributed by atoms with Gasteiger partial charge in [0.15, 0.2) is 0 Å². The molecule has 0 saturated carbocycles. The number of carbonyl (C=O) groups is 2. The Kier molecular flexibility index (Phi) is 6.51. The van der Waals surface area contributed by atoms with Crippen LogP contribution in [0.15, 0.2) is 48.8 Å². The highest BCUT2D eigenvalue weighted by molar-refractivity contribution is 5.97. The molecular formula is C19H24N4O2. The molecule has 3 N–H and O–H groups in total. The van der Waals surface area contributed by atoms with Crippen molar-refractivity contribution in [3.63, 3.8) is 0 Å². The van der Waals surface area contributed by atoms with Crippen LogP contribution in [0.4, 0.5) is 11.4 Å². The Bertz CT molecular complexity index is 701. The van der Waals surface area contributed by atoms with E-state index in [4.69, 9.17) is 0 Å². The summed E-state index contributed by atoms with van der Waals surface area (Å²) in [6, 6.07) is 10.3. The van der Waals surface area contributed by atoms with Gasteiger partial charge in [-0.3, -0.25) is 14.6 Å². The van der Waals surface area contributed by atoms with Crippen molar-refractivity contribution in [3.8, 4) is 0 Å². The van der Waals surface area contributed by atoms with E-state index in [1.54, 1.807) is 31.5 Å². The Balaban J connectivity index is 1.92. The molecule has 0 saturated heterocycles. The van der Waals surface area contributed by atoms with Crippen LogP contribution in [0.5, 0.6) is 0 Å². The lowest BCUT2D eigenvalue weighted by molar-refractivity contribution is -0.123. The molecule has 2 aromatic rings. The van der Waals surface area contributed by atoms with E-state index in [1.165, 1.54) is 0 Å². The van der Waals surface area contributed by atoms with Crippen molar-refractivity contribution in [3.05, 3.63) is 54.4 Å². The molecule has 2 atom stereocenters. The molecule has 6 nitrogen and oxygen atoms in total. The van der Waals surface area contributed by atoms with Gasteiger partial charge in [-0.15, -0.1) is 0 Å². The van der Waals surface area contributed by atoms with Crippen LogP contribution in [0.2, 0.25) is 0 Å². The van der Waals surface area contributed by atoms with E-state index in [0.717, 1.165) is 17.8 Å². The van der Waals surface area contributed by atoms with E-state index in [1.807, 2.05) is 38.1 Å². The van der Waals surface area contributed by atoms with Crippen molar-refractivity contribution in [2.75, 3.05) is 5.32 Å². The molecule has 132 valence electrons. The molecule has 2 amide bonds. The molecule has 6 heteroatoms. The van der Waals surface area contributed by atoms with Gasteiger partial charge in [0.05, 0.1) is 0 Å². The number of benzene rings is 1. The van der Waals surface area contributed by atoms with Gasteiger partial charge in [-0.1, -0.05) is 6.92 Å². The molecular weight excluding hydrogens is 316 g/mol. The second kappa shape index (κ2) is 8.82. The second-order valence-electron chi connectivity index (χ2n) is 5.95. The van der Waals surface area contributed by atoms with Crippen molar-refractivity contribution >= 4 is 23.2 Å². The van der Waals surface area contributed by atoms with Gasteiger partial charge in [-0.2, -0.15) is 0 Å². The van der Waals surface area contributed by atoms with Crippen molar-refractivity contribution in [2.24, 2.45) is 0 Å². The number of hydrogen-bond donors (Lipinski definition) is 3. The highest BCUT2D eigenvalue weighted by Crippen LogP contribution is 2.16. The molecule has 0 spiro atoms. The van der Waals surface area contributed by atoms with Gasteiger partial charge >= 0.3 is 0 Å². The lowest BCUT2D eigenvalue weighted by atomic mass is 10.1. The quantitative estimate of drug-likeness (QED) is 0.724. The monoisotopic (exact) mass is 340 g/mol. The zero-order valence-electron chi connectivity index (χ0n) is 14.7. The van der Waals surface area contributed by atoms with E-state index in [9.17, 15) is 9.59 Å². The Morgan fingerprint density at radius 3 is 2.16 bits per heavy atom. The van der Waals surface area contributed by atoms with Crippen LogP contribution >= 0.6 is 0 Å². The number of nitrogens with zero attached hydrogens (tertiary/aromatic N) is 1. The first-order valence-corrected chi connectivity index (χ1v) is 8.38. The van der Waals surface area contributed by atoms with Gasteiger partial charge in [-0.05, 0) is 56.7 Å². The minimum Gasteiger partial charge on any atom is -0.355 e. The summed E-state index contributed by atoms with van der Waals surface area (Å²) in [5.41, 5.74) is 2.29. The summed E-state index contributed by atoms with van der Waals surface area (Å²) in [5.74, 6) is -0.457. The number of nitrogens with one attached hydrogen (secondary N) is 3. The summed E-state index contributed by atoms with van der Waals surface area (Å²) < 4.78 is 0. The van der Waals surface area contributed by atoms with E-state index in [-0.39, 0.29) is 17.9 Å². The number of hydrogen-bond acceptors (Lipinski definition) is 4. The van der Waals surface area contributed by atoms with Gasteiger partial charge in [0.25, 0.3) is 5.91 Å². The number of anilines is 2. The second-order valence-corrected chi connectivity index (χ2v) is 5.95. The third kappa shape index (κ3) is 5.60. The Hall–Kier alpha value is -2.89. The summed E-state index contributed by atoms with van der Waals surface area (Å²) in [6.07, 6.45) is 4.25. The van der Waals surface area contributed by atoms with Gasteiger partial charge in [-0.25, -0.2) is 0 Å². The molecule has 1 aromatic carbocycles. The SMILES string of the molecule is CC[C@H](C)NC(=O)[C@H](C)NC(=O)c1ccc(Nc2ccncc2)cc1. The van der Waals surface area contributed by atoms with Crippen LogP contribution < -0.4 is 16.0 Å². The standard InChI is InChI=1S/C19H24N4O2/c1-4-13(2)21-18(24)14(3)22-19(25)15-5-7-16(8-6-15)23-17-9-11-20-12-10-17/h5-14H,4H2,1-3H3,(H,20,23)(H,21,24)(H,22,25)/t13-,14-/m0/s1. The van der Waals surface area contributed by atoms with E-state index < -0.39 is 6.04 Å². The Morgan fingerprint density at radius 2 is 1.56 bits per heavy atom. The number of carbonyl (C=O) groups excluding carboxylic acids is 2. The first kappa shape index (κ1) is 18.4. The predicted molar refractivity (Wildman–Crippen MR) is 98.8 cm³/mol. The van der Waals surface area contributed by atoms with Crippen molar-refractivity contribution < 1.29 is 9.59 Å². The van der Waals surface area contributed by atoms with Gasteiger partial charge in [0.2, 0.25) is 5.91 Å². The average Bonchev–Trinajstić information content (AvgIpc) is 2.62. The molecule has 0 bridgehead atoms. The maximum Gasteiger partial charge on any atom is 0.251 e. The number of amides is 2. The fraction of sp³-hybridized carbons (Fsp3) is 0.316. The summed E-state index contributed by atoms with van der Waals surface area (Å²) in [5, 5.41) is 8.79. The third-order valence-electron chi connectivity index (χ3n) is 3.86. The summed E-state index contributed by atoms with van der Waals surface area (Å²) in [6.45, 7) is 5.60. The number of pyridine rings is 1. The van der Waals surface area contributed by atoms with Crippen LogP contribution in [0.3, 0.4) is 0 Å². The van der Waals surface area contributed by atoms with Crippen molar-refractivity contribution in [1.82, 2.24) is 15.6 Å². The highest BCUT2D eigenvalue weighted by atomic mass is 16.2. The predicted octanol–water partition coefficient (Wildman–Crippen LogP) is 2.86. The molecule has 0 unspecified atom stereocenters. The van der Waals surface area contributed by atoms with Crippen LogP contribution in [0.1, 0.15) is 37.6 Å². The smallest absolute Gasteiger partial charge is 0.251 e. The fourth-order valence-electron chi connectivity index (χ4n) is 2.12. The summed E-state index contributed by atoms with van der Waals surface area (Å²) in [4.78, 5) is 28.2. The van der Waals surface area contributed by atoms with Crippen LogP contribution in [-0.2, 0) is 4.79 Å². The minimum absolute atomic E-state index is 0.0883. The molecule has 2 rings (SSSR count). The molecule has 0 aliphatic heterocycles. The molecule has 0 fully saturated rings.